The Hall–Kier alpha value is -1.85. The number of hydrogen-bond acceptors (Lipinski definition) is 10. The molecular formula is C24H35N4O6PS. The molecule has 2 heterocycles. The number of aromatic nitrogens is 2. The highest BCUT2D eigenvalue weighted by Crippen LogP contribution is 2.38. The second-order valence-corrected chi connectivity index (χ2v) is 11.7. The molecule has 2 aromatic rings. The van der Waals surface area contributed by atoms with Crippen molar-refractivity contribution >= 4 is 31.2 Å². The number of rotatable bonds is 13. The molecule has 12 heteroatoms. The summed E-state index contributed by atoms with van der Waals surface area (Å²) in [6.07, 6.45) is 1.65. The number of hydrogen-bond donors (Lipinski definition) is 3. The van der Waals surface area contributed by atoms with E-state index in [0.29, 0.717) is 25.3 Å². The van der Waals surface area contributed by atoms with E-state index in [-0.39, 0.29) is 36.2 Å². The number of anilines is 1. The van der Waals surface area contributed by atoms with E-state index >= 15 is 0 Å². The first kappa shape index (κ1) is 28.7. The van der Waals surface area contributed by atoms with Crippen molar-refractivity contribution in [3.8, 4) is 0 Å². The smallest absolute Gasteiger partial charge is 0.351 e. The normalized spacial score (nSPS) is 20.9. The van der Waals surface area contributed by atoms with Gasteiger partial charge in [-0.1, -0.05) is 49.0 Å². The zero-order chi connectivity index (χ0) is 26.1. The van der Waals surface area contributed by atoms with E-state index < -0.39 is 25.9 Å². The lowest BCUT2D eigenvalue weighted by Crippen LogP contribution is -2.29. The maximum absolute atomic E-state index is 12.2. The Bertz CT molecular complexity index is 1040. The van der Waals surface area contributed by atoms with Gasteiger partial charge in [0.15, 0.2) is 5.12 Å². The number of nitrogen functional groups attached to an aromatic ring is 1. The quantitative estimate of drug-likeness (QED) is 0.258. The number of benzene rings is 1. The first-order chi connectivity index (χ1) is 17.2. The largest absolute Gasteiger partial charge is 0.395 e. The number of nitrogens with zero attached hydrogens (tertiary/aromatic N) is 2. The maximum atomic E-state index is 12.2. The van der Waals surface area contributed by atoms with E-state index in [9.17, 15) is 14.7 Å². The topological polar surface area (TPSA) is 138 Å². The number of thioether (sulfide) groups is 1. The number of carbonyl (C=O) groups is 1. The Morgan fingerprint density at radius 1 is 1.33 bits per heavy atom. The molecule has 1 aliphatic heterocycles. The monoisotopic (exact) mass is 538 g/mol. The number of nitrogens with one attached hydrogen (secondary N) is 1. The molecule has 4 atom stereocenters. The molecule has 0 aliphatic carbocycles. The second-order valence-electron chi connectivity index (χ2n) is 9.29. The van der Waals surface area contributed by atoms with Gasteiger partial charge in [-0.3, -0.25) is 9.36 Å². The molecule has 0 bridgehead atoms. The highest BCUT2D eigenvalue weighted by Gasteiger charge is 2.35. The summed E-state index contributed by atoms with van der Waals surface area (Å²) in [5.41, 5.74) is 5.46. The number of aliphatic hydroxyl groups excluding tert-OH is 1. The van der Waals surface area contributed by atoms with Gasteiger partial charge < -0.3 is 24.6 Å². The fourth-order valence-electron chi connectivity index (χ4n) is 3.53. The van der Waals surface area contributed by atoms with Gasteiger partial charge in [0.1, 0.15) is 12.0 Å². The number of aliphatic hydroxyl groups is 1. The molecule has 1 saturated heterocycles. The summed E-state index contributed by atoms with van der Waals surface area (Å²) in [4.78, 5) is 28.2. The number of ether oxygens (including phenoxy) is 1. The molecular weight excluding hydrogens is 503 g/mol. The summed E-state index contributed by atoms with van der Waals surface area (Å²) in [7, 11) is -1.46. The van der Waals surface area contributed by atoms with Gasteiger partial charge in [-0.15, -0.1) is 0 Å². The molecule has 4 N–H and O–H groups in total. The van der Waals surface area contributed by atoms with Crippen molar-refractivity contribution in [3.05, 3.63) is 58.6 Å². The third-order valence-electron chi connectivity index (χ3n) is 5.68. The van der Waals surface area contributed by atoms with Gasteiger partial charge in [0.05, 0.1) is 31.3 Å². The maximum Gasteiger partial charge on any atom is 0.351 e. The predicted molar refractivity (Wildman–Crippen MR) is 141 cm³/mol. The van der Waals surface area contributed by atoms with Crippen LogP contribution in [0.1, 0.15) is 39.0 Å². The summed E-state index contributed by atoms with van der Waals surface area (Å²) in [5, 5.41) is 12.6. The van der Waals surface area contributed by atoms with Crippen LogP contribution < -0.4 is 16.5 Å². The van der Waals surface area contributed by atoms with Crippen molar-refractivity contribution < 1.29 is 23.7 Å². The fraction of sp³-hybridized carbons (Fsp3) is 0.542. The SMILES string of the molecule is CC1CC(CO[P@](NCc2ccccc2)OCCSC(=O)C(C)(C)CO)OC1n1ccc(N)nc1=O. The van der Waals surface area contributed by atoms with Crippen LogP contribution in [0.2, 0.25) is 0 Å². The Morgan fingerprint density at radius 2 is 2.08 bits per heavy atom. The third-order valence-corrected chi connectivity index (χ3v) is 8.09. The summed E-state index contributed by atoms with van der Waals surface area (Å²) in [6.45, 7) is 6.40. The summed E-state index contributed by atoms with van der Waals surface area (Å²) in [5.74, 6) is 0.709. The van der Waals surface area contributed by atoms with Gasteiger partial charge in [0.25, 0.3) is 8.53 Å². The molecule has 1 aromatic carbocycles. The van der Waals surface area contributed by atoms with E-state index in [1.54, 1.807) is 26.1 Å². The van der Waals surface area contributed by atoms with Crippen LogP contribution in [-0.4, -0.2) is 51.5 Å². The zero-order valence-electron chi connectivity index (χ0n) is 20.8. The Kier molecular flexibility index (Phi) is 10.9. The lowest BCUT2D eigenvalue weighted by molar-refractivity contribution is -0.119. The van der Waals surface area contributed by atoms with Gasteiger partial charge in [0, 0.05) is 24.4 Å². The minimum absolute atomic E-state index is 0.0807. The van der Waals surface area contributed by atoms with E-state index in [4.69, 9.17) is 19.5 Å². The van der Waals surface area contributed by atoms with Gasteiger partial charge >= 0.3 is 5.69 Å². The van der Waals surface area contributed by atoms with Crippen molar-refractivity contribution in [1.29, 1.82) is 0 Å². The molecule has 1 aliphatic rings. The van der Waals surface area contributed by atoms with Crippen LogP contribution in [0.5, 0.6) is 0 Å². The Labute approximate surface area is 216 Å². The summed E-state index contributed by atoms with van der Waals surface area (Å²) in [6, 6.07) is 11.5. The molecule has 1 aromatic heterocycles. The molecule has 0 radical (unpaired) electrons. The molecule has 0 saturated carbocycles. The van der Waals surface area contributed by atoms with Gasteiger partial charge in [-0.05, 0) is 31.9 Å². The van der Waals surface area contributed by atoms with Crippen LogP contribution in [0.3, 0.4) is 0 Å². The van der Waals surface area contributed by atoms with Crippen LogP contribution in [-0.2, 0) is 25.1 Å². The molecule has 0 amide bonds. The molecule has 3 rings (SSSR count). The van der Waals surface area contributed by atoms with Gasteiger partial charge in [0.2, 0.25) is 0 Å². The average molecular weight is 539 g/mol. The van der Waals surface area contributed by atoms with Crippen LogP contribution in [0.25, 0.3) is 0 Å². The van der Waals surface area contributed by atoms with Crippen molar-refractivity contribution in [3.63, 3.8) is 0 Å². The summed E-state index contributed by atoms with van der Waals surface area (Å²) < 4.78 is 19.6. The Morgan fingerprint density at radius 3 is 2.78 bits per heavy atom. The third kappa shape index (κ3) is 8.34. The van der Waals surface area contributed by atoms with E-state index in [1.165, 1.54) is 4.57 Å². The second kappa shape index (κ2) is 13.6. The molecule has 198 valence electrons. The van der Waals surface area contributed by atoms with Gasteiger partial charge in [-0.2, -0.15) is 4.98 Å². The standard InChI is InChI=1S/C24H35N4O6PS/c1-17-13-19(34-21(17)28-10-9-20(25)27-23(28)31)15-33-35(26-14-18-7-5-4-6-8-18)32-11-12-36-22(30)24(2,3)16-29/h4-10,17,19,21,26,29H,11-16H2,1-3H3,(H2,25,27,31)/t17?,19?,21?,35-/m1/s1. The molecule has 1 fully saturated rings. The van der Waals surface area contributed by atoms with Crippen LogP contribution in [0.15, 0.2) is 47.4 Å². The first-order valence-corrected chi connectivity index (χ1v) is 14.0. The highest BCUT2D eigenvalue weighted by atomic mass is 32.2. The molecule has 3 unspecified atom stereocenters. The lowest BCUT2D eigenvalue weighted by atomic mass is 9.97. The number of nitrogens with two attached hydrogens (primary N) is 1. The Balaban J connectivity index is 1.53. The minimum atomic E-state index is -1.46. The van der Waals surface area contributed by atoms with Crippen molar-refractivity contribution in [2.75, 3.05) is 31.3 Å². The van der Waals surface area contributed by atoms with Gasteiger partial charge in [-0.25, -0.2) is 9.88 Å². The first-order valence-electron chi connectivity index (χ1n) is 11.8. The average Bonchev–Trinajstić information content (AvgIpc) is 3.23. The predicted octanol–water partition coefficient (Wildman–Crippen LogP) is 3.08. The minimum Gasteiger partial charge on any atom is -0.395 e. The van der Waals surface area contributed by atoms with Crippen LogP contribution >= 0.6 is 20.3 Å². The highest BCUT2D eigenvalue weighted by molar-refractivity contribution is 8.13. The van der Waals surface area contributed by atoms with Crippen molar-refractivity contribution in [2.45, 2.75) is 46.1 Å². The fourth-order valence-corrected chi connectivity index (χ4v) is 5.59. The number of carbonyl (C=O) groups excluding carboxylic acids is 1. The van der Waals surface area contributed by atoms with Crippen LogP contribution in [0.4, 0.5) is 5.82 Å². The summed E-state index contributed by atoms with van der Waals surface area (Å²) >= 11 is 1.14. The van der Waals surface area contributed by atoms with E-state index in [1.807, 2.05) is 37.3 Å². The van der Waals surface area contributed by atoms with E-state index in [0.717, 1.165) is 17.3 Å². The zero-order valence-corrected chi connectivity index (χ0v) is 22.5. The van der Waals surface area contributed by atoms with Crippen molar-refractivity contribution in [1.82, 2.24) is 14.6 Å². The van der Waals surface area contributed by atoms with Crippen LogP contribution in [0, 0.1) is 11.3 Å². The lowest BCUT2D eigenvalue weighted by Gasteiger charge is -2.22. The van der Waals surface area contributed by atoms with E-state index in [2.05, 4.69) is 10.1 Å². The molecule has 10 nitrogen and oxygen atoms in total. The van der Waals surface area contributed by atoms with Crippen molar-refractivity contribution in [2.24, 2.45) is 11.3 Å². The molecule has 0 spiro atoms. The molecule has 36 heavy (non-hydrogen) atoms.